The molecule has 0 fully saturated rings. The summed E-state index contributed by atoms with van der Waals surface area (Å²) in [6, 6.07) is 0. The molecule has 0 aromatic rings. The topological polar surface area (TPSA) is 0 Å². The van der Waals surface area contributed by atoms with Gasteiger partial charge in [-0.25, -0.2) is 0 Å². The fraction of sp³-hybridized carbons (Fsp3) is 0. The Labute approximate surface area is 47.6 Å². The zero-order chi connectivity index (χ0) is 4.28. The smallest absolute Gasteiger partial charge is 0.140 e. The van der Waals surface area contributed by atoms with E-state index in [-0.39, 0.29) is 4.82 Å². The van der Waals surface area contributed by atoms with Gasteiger partial charge in [0.2, 0.25) is 0 Å². The summed E-state index contributed by atoms with van der Waals surface area (Å²) in [4.78, 5) is -0.109. The minimum absolute atomic E-state index is 0.109. The lowest BCUT2D eigenvalue weighted by molar-refractivity contribution is 5.04. The fourth-order valence-corrected chi connectivity index (χ4v) is 0. The van der Waals surface area contributed by atoms with Crippen molar-refractivity contribution in [3.05, 3.63) is 0 Å². The van der Waals surface area contributed by atoms with Crippen LogP contribution in [-0.2, 0) is 11.8 Å². The maximum Gasteiger partial charge on any atom is 0.272 e. The average molecular weight is 204 g/mol. The molecule has 0 aromatic heterocycles. The van der Waals surface area contributed by atoms with Gasteiger partial charge in [0, 0.05) is 1.34 Å². The molecule has 0 amide bonds. The molecule has 4 heteroatoms. The summed E-state index contributed by atoms with van der Waals surface area (Å²) in [6.07, 6.45) is 0. The fourth-order valence-electron chi connectivity index (χ4n) is 0. The quantitative estimate of drug-likeness (QED) is 0.350. The lowest BCUT2D eigenvalue weighted by Gasteiger charge is -1.46. The Morgan fingerprint density at radius 3 is 2.75 bits per heavy atom. The largest absolute Gasteiger partial charge is 0.272 e. The van der Waals surface area contributed by atoms with Crippen LogP contribution in [0.1, 0.15) is 0 Å². The number of hydrogen-bond donors (Lipinski definition) is 0. The van der Waals surface area contributed by atoms with Crippen LogP contribution in [0.25, 0.3) is 0 Å². The molecule has 0 atom stereocenters. The molecule has 0 saturated carbocycles. The van der Waals surface area contributed by atoms with E-state index in [1.165, 1.54) is 0 Å². The van der Waals surface area contributed by atoms with Gasteiger partial charge < -0.3 is 0 Å². The van der Waals surface area contributed by atoms with Crippen LogP contribution in [0.5, 0.6) is 0 Å². The van der Waals surface area contributed by atoms with E-state index >= 15 is 0 Å². The van der Waals surface area contributed by atoms with Gasteiger partial charge in [0.25, 0.3) is 4.82 Å². The molecule has 0 aliphatic carbocycles. The van der Waals surface area contributed by atoms with Crippen LogP contribution in [-0.4, -0.2) is 6.15 Å². The molecule has 4 heavy (non-hydrogen) atoms. The van der Waals surface area contributed by atoms with Gasteiger partial charge in [-0.1, -0.05) is 19.0 Å². The van der Waals surface area contributed by atoms with Crippen molar-refractivity contribution in [3.63, 3.8) is 0 Å². The first-order chi connectivity index (χ1) is 2.27. The third kappa shape index (κ3) is 3.31. The minimum atomic E-state index is -0.109. The van der Waals surface area contributed by atoms with Gasteiger partial charge in [0.1, 0.15) is 0 Å². The molecule has 0 heterocycles. The summed E-state index contributed by atoms with van der Waals surface area (Å²) < 4.78 is 6.70. The van der Waals surface area contributed by atoms with Crippen molar-refractivity contribution in [1.29, 1.82) is 1.34 Å². The van der Waals surface area contributed by atoms with Gasteiger partial charge in [0.15, 0.2) is 0 Å². The molecular formula is HBIPS. The summed E-state index contributed by atoms with van der Waals surface area (Å²) in [5.74, 6) is 0. The van der Waals surface area contributed by atoms with E-state index in [1.54, 1.807) is 0 Å². The Morgan fingerprint density at radius 1 is 2.50 bits per heavy atom. The van der Waals surface area contributed by atoms with Crippen molar-refractivity contribution in [2.45, 2.75) is 0 Å². The van der Waals surface area contributed by atoms with Crippen molar-refractivity contribution in [3.8, 4) is 0 Å². The van der Waals surface area contributed by atoms with E-state index in [1.807, 2.05) is 22.4 Å². The Bertz CT molecular complexity index is 38.6. The van der Waals surface area contributed by atoms with E-state index in [9.17, 15) is 0 Å². The highest BCUT2D eigenvalue weighted by molar-refractivity contribution is 14.1. The third-order valence-electron chi connectivity index (χ3n) is 0.0398. The zero-order valence-corrected chi connectivity index (χ0v) is 5.68. The Balaban J connectivity index is 2.83. The van der Waals surface area contributed by atoms with Crippen molar-refractivity contribution >= 4 is 46.2 Å². The van der Waals surface area contributed by atoms with Crippen LogP contribution in [0.15, 0.2) is 0 Å². The van der Waals surface area contributed by atoms with Crippen molar-refractivity contribution < 1.29 is 0 Å². The molecule has 0 rings (SSSR count). The molecule has 0 saturated heterocycles. The van der Waals surface area contributed by atoms with Crippen molar-refractivity contribution in [2.75, 3.05) is 0 Å². The van der Waals surface area contributed by atoms with Crippen LogP contribution < -0.4 is 0 Å². The predicted octanol–water partition coefficient (Wildman–Crippen LogP) is 1.10. The van der Waals surface area contributed by atoms with E-state index < -0.39 is 0 Å². The first kappa shape index (κ1) is 3.50. The molecule has 0 spiro atoms. The van der Waals surface area contributed by atoms with E-state index in [2.05, 4.69) is 11.8 Å². The highest BCUT2D eigenvalue weighted by Gasteiger charge is 1.59. The van der Waals surface area contributed by atoms with E-state index in [0.717, 1.165) is 7.23 Å². The van der Waals surface area contributed by atoms with E-state index in [0.29, 0.717) is 0 Å². The highest BCUT2D eigenvalue weighted by atomic mass is 127. The monoisotopic (exact) mass is 204 g/mol. The molecule has 22 valence electrons. The van der Waals surface area contributed by atoms with Crippen LogP contribution in [0, 0.1) is 0 Å². The molecule has 0 aromatic carbocycles. The summed E-state index contributed by atoms with van der Waals surface area (Å²) in [7, 11) is 0.734. The Morgan fingerprint density at radius 2 is 2.75 bits per heavy atom. The Hall–Kier alpha value is 1.31. The summed E-state index contributed by atoms with van der Waals surface area (Å²) in [5, 5.41) is 0. The number of hydrogen-bond acceptors (Lipinski definition) is 1. The van der Waals surface area contributed by atoms with Gasteiger partial charge in [-0.15, -0.1) is 22.4 Å². The van der Waals surface area contributed by atoms with Crippen LogP contribution in [0.3, 0.4) is 0 Å². The third-order valence-corrected chi connectivity index (χ3v) is 2.41. The average Bonchev–Trinajstić information content (AvgIpc) is 1.38. The molecule has 0 radical (unpaired) electrons. The van der Waals surface area contributed by atoms with Gasteiger partial charge in [-0.3, -0.25) is 0 Å². The second-order valence-corrected chi connectivity index (χ2v) is 2.91. The molecule has 0 N–H and O–H groups in total. The molecule has 0 aliphatic heterocycles. The standard InChI is InChI=1S/BHIPS/c2-1-3-4/h1H/i1T. The lowest BCUT2D eigenvalue weighted by Crippen LogP contribution is -1.36. The lowest BCUT2D eigenvalue weighted by atomic mass is 10.8. The highest BCUT2D eigenvalue weighted by Crippen LogP contribution is 1.90. The molecule has 0 nitrogen and oxygen atoms in total. The molecule has 0 unspecified atom stereocenters. The van der Waals surface area contributed by atoms with Crippen molar-refractivity contribution in [2.24, 2.45) is 0 Å². The zero-order valence-electron chi connectivity index (χ0n) is 2.81. The van der Waals surface area contributed by atoms with Gasteiger partial charge in [-0.05, 0) is 0 Å². The molecule has 0 aliphatic rings. The van der Waals surface area contributed by atoms with Gasteiger partial charge in [-0.2, -0.15) is 0 Å². The first-order valence-corrected chi connectivity index (χ1v) is 3.88. The van der Waals surface area contributed by atoms with E-state index in [4.69, 9.17) is 1.34 Å². The SMILES string of the molecule is [3H]B(I)P=S. The van der Waals surface area contributed by atoms with Crippen LogP contribution in [0.4, 0.5) is 0 Å². The van der Waals surface area contributed by atoms with Crippen LogP contribution in [0.2, 0.25) is 0 Å². The normalized spacial score (nSPS) is 10.8. The summed E-state index contributed by atoms with van der Waals surface area (Å²) in [6.45, 7) is 0. The number of rotatable bonds is 1. The van der Waals surface area contributed by atoms with Gasteiger partial charge >= 0.3 is 0 Å². The summed E-state index contributed by atoms with van der Waals surface area (Å²) >= 11 is 6.41. The number of halogens is 1. The molecular weight excluding hydrogens is 201 g/mol. The minimum Gasteiger partial charge on any atom is -0.140 e. The second kappa shape index (κ2) is 4.31. The molecule has 0 bridgehead atoms. The maximum absolute atomic E-state index is 6.70. The predicted molar refractivity (Wildman–Crippen MR) is 35.5 cm³/mol. The Kier molecular flexibility index (Phi) is 3.78. The first-order valence-electron chi connectivity index (χ1n) is 1.24. The van der Waals surface area contributed by atoms with Crippen molar-refractivity contribution in [1.82, 2.24) is 0 Å². The maximum atomic E-state index is 6.70. The van der Waals surface area contributed by atoms with Crippen LogP contribution >= 0.6 is 29.6 Å². The van der Waals surface area contributed by atoms with Gasteiger partial charge in [0.05, 0.1) is 0 Å². The summed E-state index contributed by atoms with van der Waals surface area (Å²) in [5.41, 5.74) is 0. The second-order valence-electron chi connectivity index (χ2n) is 0.203.